The number of halogens is 1. The fourth-order valence-electron chi connectivity index (χ4n) is 9.21. The topological polar surface area (TPSA) is 129 Å². The monoisotopic (exact) mass is 816 g/mol. The van der Waals surface area contributed by atoms with Gasteiger partial charge >= 0.3 is 6.09 Å². The lowest BCUT2D eigenvalue weighted by Crippen LogP contribution is -2.70. The summed E-state index contributed by atoms with van der Waals surface area (Å²) in [7, 11) is 0. The largest absolute Gasteiger partial charge is 0.490 e. The van der Waals surface area contributed by atoms with E-state index in [1.165, 1.54) is 12.1 Å². The number of carbonyl (C=O) groups is 1. The Balaban J connectivity index is 1.59. The van der Waals surface area contributed by atoms with Crippen LogP contribution in [0.2, 0.25) is 0 Å². The summed E-state index contributed by atoms with van der Waals surface area (Å²) in [4.78, 5) is 22.4. The molecule has 0 radical (unpaired) electrons. The number of nitrogens with zero attached hydrogens (tertiary/aromatic N) is 2. The molecule has 7 atom stereocenters. The van der Waals surface area contributed by atoms with Crippen LogP contribution in [0, 0.1) is 23.6 Å². The third-order valence-corrected chi connectivity index (χ3v) is 11.9. The van der Waals surface area contributed by atoms with Crippen molar-refractivity contribution in [2.45, 2.75) is 101 Å². The van der Waals surface area contributed by atoms with Crippen LogP contribution in [-0.4, -0.2) is 84.7 Å². The molecule has 1 amide bonds. The average molecular weight is 817 g/mol. The molecule has 0 bridgehead atoms. The molecule has 7 unspecified atom stereocenters. The minimum absolute atomic E-state index is 0.0330. The Bertz CT molecular complexity index is 1780. The molecule has 11 nitrogen and oxygen atoms in total. The molecule has 4 aliphatic rings. The maximum Gasteiger partial charge on any atom is 0.410 e. The summed E-state index contributed by atoms with van der Waals surface area (Å²) in [5, 5.41) is 24.7. The zero-order chi connectivity index (χ0) is 41.6. The van der Waals surface area contributed by atoms with Crippen LogP contribution in [0.5, 0.6) is 11.5 Å². The minimum Gasteiger partial charge on any atom is -0.490 e. The third kappa shape index (κ3) is 10.5. The molecule has 2 aromatic carbocycles. The molecule has 2 heterocycles. The van der Waals surface area contributed by atoms with E-state index in [9.17, 15) is 19.4 Å². The summed E-state index contributed by atoms with van der Waals surface area (Å²) < 4.78 is 46.6. The molecule has 2 aliphatic heterocycles. The maximum absolute atomic E-state index is 14.6. The Labute approximate surface area is 348 Å². The van der Waals surface area contributed by atoms with Gasteiger partial charge in [-0.15, -0.1) is 13.2 Å². The van der Waals surface area contributed by atoms with Crippen LogP contribution in [0.3, 0.4) is 0 Å². The highest BCUT2D eigenvalue weighted by molar-refractivity contribution is 6.03. The second-order valence-electron chi connectivity index (χ2n) is 15.7. The average Bonchev–Trinajstić information content (AvgIpc) is 3.25. The van der Waals surface area contributed by atoms with Crippen molar-refractivity contribution < 1.29 is 47.9 Å². The smallest absolute Gasteiger partial charge is 0.410 e. The Morgan fingerprint density at radius 1 is 0.983 bits per heavy atom. The van der Waals surface area contributed by atoms with E-state index in [4.69, 9.17) is 33.7 Å². The molecular weight excluding hydrogens is 756 g/mol. The van der Waals surface area contributed by atoms with Crippen LogP contribution in [-0.2, 0) is 25.6 Å². The lowest BCUT2D eigenvalue weighted by Gasteiger charge is -2.60. The van der Waals surface area contributed by atoms with E-state index in [1.807, 2.05) is 18.2 Å². The Morgan fingerprint density at radius 2 is 1.76 bits per heavy atom. The van der Waals surface area contributed by atoms with E-state index >= 15 is 0 Å². The first-order chi connectivity index (χ1) is 28.9. The zero-order valence-electron chi connectivity index (χ0n) is 34.2. The summed E-state index contributed by atoms with van der Waals surface area (Å²) in [6, 6.07) is 11.0. The fourth-order valence-corrected chi connectivity index (χ4v) is 9.21. The van der Waals surface area contributed by atoms with Crippen molar-refractivity contribution in [3.63, 3.8) is 0 Å². The maximum atomic E-state index is 14.6. The number of allylic oxidation sites excluding steroid dienone is 1. The second kappa shape index (κ2) is 21.7. The summed E-state index contributed by atoms with van der Waals surface area (Å²) in [6.07, 6.45) is 14.0. The molecular formula is C47H61FN2O9. The summed E-state index contributed by atoms with van der Waals surface area (Å²) in [6.45, 7) is 13.0. The van der Waals surface area contributed by atoms with Crippen LogP contribution in [0.1, 0.15) is 87.7 Å². The number of aliphatic hydroxyl groups excluding tert-OH is 2. The predicted octanol–water partition coefficient (Wildman–Crippen LogP) is 8.77. The van der Waals surface area contributed by atoms with Crippen molar-refractivity contribution in [3.8, 4) is 11.5 Å². The highest BCUT2D eigenvalue weighted by atomic mass is 19.1. The molecule has 2 fully saturated rings. The predicted molar refractivity (Wildman–Crippen MR) is 223 cm³/mol. The Morgan fingerprint density at radius 3 is 2.47 bits per heavy atom. The summed E-state index contributed by atoms with van der Waals surface area (Å²) in [5.74, 6) is -1.29. The van der Waals surface area contributed by atoms with Gasteiger partial charge < -0.3 is 38.7 Å². The highest BCUT2D eigenvalue weighted by Crippen LogP contribution is 2.62. The van der Waals surface area contributed by atoms with Gasteiger partial charge in [0, 0.05) is 44.1 Å². The van der Waals surface area contributed by atoms with Crippen molar-refractivity contribution in [2.75, 3.05) is 39.6 Å². The highest BCUT2D eigenvalue weighted by Gasteiger charge is 2.65. The number of rotatable bonds is 22. The van der Waals surface area contributed by atoms with Gasteiger partial charge in [-0.25, -0.2) is 9.18 Å². The van der Waals surface area contributed by atoms with E-state index in [0.29, 0.717) is 61.7 Å². The number of aliphatic hydroxyl groups is 2. The van der Waals surface area contributed by atoms with Gasteiger partial charge in [-0.2, -0.15) is 0 Å². The molecule has 12 heteroatoms. The number of benzene rings is 2. The van der Waals surface area contributed by atoms with Crippen molar-refractivity contribution in [1.82, 2.24) is 4.90 Å². The first kappa shape index (κ1) is 44.1. The SMILES string of the molecule is C=CCCOC(=O)N(Cc1ccc(F)cc1)C1CC(=NOC2CCCCO2)C2=CC(CCCCO)C(CCCCO)C3c4cc(OCC=C)ccc4OC1(OCC=C)C23. The number of ether oxygens (including phenoxy) is 5. The van der Waals surface area contributed by atoms with Crippen LogP contribution >= 0.6 is 0 Å². The summed E-state index contributed by atoms with van der Waals surface area (Å²) >= 11 is 0. The molecule has 2 aliphatic carbocycles. The molecule has 320 valence electrons. The number of hydrogen-bond donors (Lipinski definition) is 2. The van der Waals surface area contributed by atoms with Gasteiger partial charge in [0.2, 0.25) is 12.1 Å². The van der Waals surface area contributed by atoms with Crippen LogP contribution < -0.4 is 9.47 Å². The number of carbonyl (C=O) groups excluding carboxylic acids is 1. The number of oxime groups is 1. The summed E-state index contributed by atoms with van der Waals surface area (Å²) in [5.41, 5.74) is 3.18. The number of unbranched alkanes of at least 4 members (excludes halogenated alkanes) is 2. The number of amides is 1. The normalized spacial score (nSPS) is 26.4. The molecule has 2 aromatic rings. The molecule has 1 saturated heterocycles. The standard InChI is InChI=1S/C47H61FN2O9/c1-4-7-27-56-46(53)50(32-33-17-19-35(48)20-18-33)42-31-40(49-59-43-16-10-13-28-55-43)38-29-34(14-8-11-23-51)37(15-9-12-24-52)44-39-30-36(54-25-5-2)21-22-41(39)58-47(42,45(38)44)57-26-6-3/h4-6,17-22,29-30,34,37,42-45,51-52H,1-3,7-16,23-28,31-32H2. The van der Waals surface area contributed by atoms with Gasteiger partial charge in [0.15, 0.2) is 0 Å². The molecule has 6 rings (SSSR count). The van der Waals surface area contributed by atoms with Gasteiger partial charge in [0.05, 0.1) is 31.5 Å². The van der Waals surface area contributed by atoms with Crippen molar-refractivity contribution in [3.05, 3.63) is 109 Å². The minimum atomic E-state index is -1.50. The molecule has 59 heavy (non-hydrogen) atoms. The quantitative estimate of drug-likeness (QED) is 0.0681. The van der Waals surface area contributed by atoms with E-state index in [1.54, 1.807) is 35.3 Å². The molecule has 0 aromatic heterocycles. The van der Waals surface area contributed by atoms with Crippen molar-refractivity contribution in [1.29, 1.82) is 0 Å². The Kier molecular flexibility index (Phi) is 16.2. The zero-order valence-corrected chi connectivity index (χ0v) is 34.2. The second-order valence-corrected chi connectivity index (χ2v) is 15.7. The Hall–Kier alpha value is -4.49. The molecule has 2 N–H and O–H groups in total. The van der Waals surface area contributed by atoms with Gasteiger partial charge in [0.25, 0.3) is 0 Å². The van der Waals surface area contributed by atoms with Gasteiger partial charge in [-0.1, -0.05) is 61.0 Å². The van der Waals surface area contributed by atoms with Gasteiger partial charge in [-0.05, 0) is 98.2 Å². The van der Waals surface area contributed by atoms with E-state index in [2.05, 4.69) is 25.8 Å². The van der Waals surface area contributed by atoms with Crippen LogP contribution in [0.25, 0.3) is 0 Å². The molecule has 0 spiro atoms. The lowest BCUT2D eigenvalue weighted by molar-refractivity contribution is -0.256. The van der Waals surface area contributed by atoms with Crippen LogP contribution in [0.4, 0.5) is 9.18 Å². The first-order valence-corrected chi connectivity index (χ1v) is 21.3. The lowest BCUT2D eigenvalue weighted by atomic mass is 9.55. The van der Waals surface area contributed by atoms with Gasteiger partial charge in [-0.3, -0.25) is 4.90 Å². The van der Waals surface area contributed by atoms with Crippen molar-refractivity contribution in [2.24, 2.45) is 22.9 Å². The third-order valence-electron chi connectivity index (χ3n) is 11.9. The van der Waals surface area contributed by atoms with E-state index in [0.717, 1.165) is 49.7 Å². The number of fused-ring (bicyclic) bond motifs is 2. The first-order valence-electron chi connectivity index (χ1n) is 21.3. The van der Waals surface area contributed by atoms with E-state index in [-0.39, 0.29) is 57.1 Å². The fraction of sp³-hybridized carbons (Fsp3) is 0.532. The van der Waals surface area contributed by atoms with Crippen molar-refractivity contribution >= 4 is 11.8 Å². The number of hydrogen-bond acceptors (Lipinski definition) is 10. The van der Waals surface area contributed by atoms with Gasteiger partial charge in [0.1, 0.15) is 30.0 Å². The van der Waals surface area contributed by atoms with Crippen LogP contribution in [0.15, 0.2) is 97.2 Å². The molecule has 1 saturated carbocycles. The van der Waals surface area contributed by atoms with E-state index < -0.39 is 35.9 Å².